The van der Waals surface area contributed by atoms with E-state index in [4.69, 9.17) is 28.3 Å². The van der Waals surface area contributed by atoms with Crippen molar-refractivity contribution in [3.63, 3.8) is 0 Å². The largest absolute Gasteiger partial charge is 0.534 e. The van der Waals surface area contributed by atoms with Crippen LogP contribution in [0.1, 0.15) is 48.9 Å². The van der Waals surface area contributed by atoms with Crippen molar-refractivity contribution in [2.75, 3.05) is 0 Å². The monoisotopic (exact) mass is 570 g/mol. The Morgan fingerprint density at radius 1 is 0.886 bits per heavy atom. The van der Waals surface area contributed by atoms with Crippen LogP contribution in [0.25, 0.3) is 0 Å². The van der Waals surface area contributed by atoms with Crippen molar-refractivity contribution in [1.29, 1.82) is 0 Å². The van der Waals surface area contributed by atoms with Gasteiger partial charge in [-0.2, -0.15) is 21.6 Å². The second-order valence-electron chi connectivity index (χ2n) is 8.00. The standard InChI is InChI=1S/C10H7ClF5NO3S.C9H8ClF2NO/c11-7-1-6(20-21(18,19)10(14,15)16)4-17-8(7)5-2-9(12,13)3-5;10-7-1-6(14)4-13-8(7)5-2-9(11,12)3-5/h1,4-5H,2-3H2;1,4-5,14H,2-3H2. The molecule has 0 spiro atoms. The van der Waals surface area contributed by atoms with Gasteiger partial charge in [0.05, 0.1) is 33.8 Å². The molecule has 0 amide bonds. The van der Waals surface area contributed by atoms with Crippen molar-refractivity contribution >= 4 is 33.3 Å². The zero-order valence-electron chi connectivity index (χ0n) is 17.2. The molecule has 0 unspecified atom stereocenters. The Hall–Kier alpha value is -2.06. The highest BCUT2D eigenvalue weighted by atomic mass is 35.5. The first-order valence-corrected chi connectivity index (χ1v) is 11.8. The van der Waals surface area contributed by atoms with Gasteiger partial charge in [-0.1, -0.05) is 23.2 Å². The Morgan fingerprint density at radius 2 is 1.31 bits per heavy atom. The summed E-state index contributed by atoms with van der Waals surface area (Å²) in [6, 6.07) is 2.12. The highest BCUT2D eigenvalue weighted by molar-refractivity contribution is 7.88. The summed E-state index contributed by atoms with van der Waals surface area (Å²) in [7, 11) is -5.83. The third kappa shape index (κ3) is 6.58. The van der Waals surface area contributed by atoms with Crippen molar-refractivity contribution in [3.05, 3.63) is 46.0 Å². The van der Waals surface area contributed by atoms with Crippen LogP contribution in [0.5, 0.6) is 11.5 Å². The number of aromatic hydroxyl groups is 1. The molecule has 1 N–H and O–H groups in total. The lowest BCUT2D eigenvalue weighted by atomic mass is 9.79. The van der Waals surface area contributed by atoms with Crippen LogP contribution in [0.15, 0.2) is 24.5 Å². The minimum atomic E-state index is -5.83. The van der Waals surface area contributed by atoms with E-state index in [1.54, 1.807) is 0 Å². The van der Waals surface area contributed by atoms with Crippen molar-refractivity contribution in [2.24, 2.45) is 0 Å². The second kappa shape index (κ2) is 9.43. The van der Waals surface area contributed by atoms with E-state index in [0.717, 1.165) is 6.07 Å². The third-order valence-corrected chi connectivity index (χ3v) is 6.73. The van der Waals surface area contributed by atoms with E-state index in [-0.39, 0.29) is 40.2 Å². The molecular weight excluding hydrogens is 556 g/mol. The van der Waals surface area contributed by atoms with Gasteiger partial charge in [0.15, 0.2) is 5.75 Å². The molecule has 16 heteroatoms. The van der Waals surface area contributed by atoms with Gasteiger partial charge in [-0.3, -0.25) is 9.97 Å². The zero-order chi connectivity index (χ0) is 26.4. The van der Waals surface area contributed by atoms with Crippen molar-refractivity contribution in [3.8, 4) is 11.5 Å². The fraction of sp³-hybridized carbons (Fsp3) is 0.474. The molecule has 2 aliphatic rings. The van der Waals surface area contributed by atoms with Crippen LogP contribution in [0.3, 0.4) is 0 Å². The summed E-state index contributed by atoms with van der Waals surface area (Å²) >= 11 is 11.5. The predicted octanol–water partition coefficient (Wildman–Crippen LogP) is 6.43. The van der Waals surface area contributed by atoms with E-state index in [2.05, 4.69) is 14.2 Å². The summed E-state index contributed by atoms with van der Waals surface area (Å²) in [6.07, 6.45) is 0.565. The van der Waals surface area contributed by atoms with Gasteiger partial charge < -0.3 is 9.29 Å². The molecule has 2 aromatic heterocycles. The summed E-state index contributed by atoms with van der Waals surface area (Å²) in [5, 5.41) is 9.04. The Balaban J connectivity index is 0.000000211. The minimum absolute atomic E-state index is 0.0511. The van der Waals surface area contributed by atoms with Crippen LogP contribution in [-0.4, -0.2) is 40.8 Å². The van der Waals surface area contributed by atoms with Gasteiger partial charge in [-0.15, -0.1) is 0 Å². The minimum Gasteiger partial charge on any atom is -0.506 e. The molecule has 0 aromatic carbocycles. The summed E-state index contributed by atoms with van der Waals surface area (Å²) < 4.78 is 112. The highest BCUT2D eigenvalue weighted by Gasteiger charge is 2.50. The van der Waals surface area contributed by atoms with Crippen LogP contribution in [0.4, 0.5) is 30.7 Å². The van der Waals surface area contributed by atoms with Gasteiger partial charge in [0.2, 0.25) is 11.8 Å². The Labute approximate surface area is 204 Å². The van der Waals surface area contributed by atoms with Gasteiger partial charge in [0.1, 0.15) is 5.75 Å². The van der Waals surface area contributed by atoms with E-state index in [0.29, 0.717) is 11.9 Å². The van der Waals surface area contributed by atoms with Crippen molar-refractivity contribution in [2.45, 2.75) is 54.9 Å². The molecule has 0 aliphatic heterocycles. The normalized spacial score (nSPS) is 19.7. The molecule has 6 nitrogen and oxygen atoms in total. The van der Waals surface area contributed by atoms with Crippen LogP contribution < -0.4 is 4.18 Å². The van der Waals surface area contributed by atoms with E-state index in [1.807, 2.05) is 0 Å². The number of hydrogen-bond acceptors (Lipinski definition) is 6. The van der Waals surface area contributed by atoms with Crippen LogP contribution in [-0.2, 0) is 10.1 Å². The van der Waals surface area contributed by atoms with E-state index >= 15 is 0 Å². The molecule has 2 fully saturated rings. The maximum atomic E-state index is 12.7. The number of halogens is 9. The van der Waals surface area contributed by atoms with E-state index in [1.165, 1.54) is 12.3 Å². The third-order valence-electron chi connectivity index (χ3n) is 5.14. The summed E-state index contributed by atoms with van der Waals surface area (Å²) in [6.45, 7) is 0. The Morgan fingerprint density at radius 3 is 1.69 bits per heavy atom. The lowest BCUT2D eigenvalue weighted by Gasteiger charge is -2.34. The number of aromatic nitrogens is 2. The van der Waals surface area contributed by atoms with Gasteiger partial charge in [0.25, 0.3) is 0 Å². The Kier molecular flexibility index (Phi) is 7.42. The Bertz CT molecular complexity index is 1200. The maximum Gasteiger partial charge on any atom is 0.534 e. The molecule has 0 saturated heterocycles. The van der Waals surface area contributed by atoms with Gasteiger partial charge in [-0.25, -0.2) is 17.6 Å². The highest BCUT2D eigenvalue weighted by Crippen LogP contribution is 2.50. The van der Waals surface area contributed by atoms with Gasteiger partial charge >= 0.3 is 15.6 Å². The first kappa shape index (κ1) is 27.5. The first-order valence-electron chi connectivity index (χ1n) is 9.65. The fourth-order valence-electron chi connectivity index (χ4n) is 3.40. The molecule has 0 radical (unpaired) electrons. The number of hydrogen-bond donors (Lipinski definition) is 1. The molecule has 2 saturated carbocycles. The average Bonchev–Trinajstić information content (AvgIpc) is 2.64. The predicted molar refractivity (Wildman–Crippen MR) is 110 cm³/mol. The number of nitrogens with zero attached hydrogens (tertiary/aromatic N) is 2. The van der Waals surface area contributed by atoms with Crippen LogP contribution in [0, 0.1) is 0 Å². The topological polar surface area (TPSA) is 89.4 Å². The van der Waals surface area contributed by atoms with Crippen LogP contribution in [0.2, 0.25) is 10.0 Å². The van der Waals surface area contributed by atoms with Crippen molar-refractivity contribution < 1.29 is 48.4 Å². The lowest BCUT2D eigenvalue weighted by molar-refractivity contribution is -0.0881. The molecule has 4 rings (SSSR count). The molecule has 35 heavy (non-hydrogen) atoms. The summed E-state index contributed by atoms with van der Waals surface area (Å²) in [5.74, 6) is -7.09. The smallest absolute Gasteiger partial charge is 0.506 e. The molecule has 2 aliphatic carbocycles. The molecule has 0 bridgehead atoms. The number of pyridine rings is 2. The molecule has 194 valence electrons. The van der Waals surface area contributed by atoms with Crippen LogP contribution >= 0.6 is 23.2 Å². The number of rotatable bonds is 4. The molecule has 2 aromatic rings. The number of alkyl halides is 7. The average molecular weight is 571 g/mol. The lowest BCUT2D eigenvalue weighted by Crippen LogP contribution is -2.34. The molecule has 2 heterocycles. The molecular formula is C19H15Cl2F7N2O4S. The van der Waals surface area contributed by atoms with Gasteiger partial charge in [0, 0.05) is 49.7 Å². The second-order valence-corrected chi connectivity index (χ2v) is 10.4. The fourth-order valence-corrected chi connectivity index (χ4v) is 4.46. The van der Waals surface area contributed by atoms with Crippen molar-refractivity contribution in [1.82, 2.24) is 9.97 Å². The SMILES string of the molecule is O=S(=O)(Oc1cnc(C2CC(F)(F)C2)c(Cl)c1)C(F)(F)F.Oc1cnc(C2CC(F)(F)C2)c(Cl)c1. The quantitative estimate of drug-likeness (QED) is 0.259. The molecule has 0 atom stereocenters. The first-order chi connectivity index (χ1) is 15.9. The maximum absolute atomic E-state index is 12.7. The zero-order valence-corrected chi connectivity index (χ0v) is 19.5. The summed E-state index contributed by atoms with van der Waals surface area (Å²) in [5.41, 5.74) is -5.07. The van der Waals surface area contributed by atoms with E-state index in [9.17, 15) is 39.2 Å². The van der Waals surface area contributed by atoms with Gasteiger partial charge in [-0.05, 0) is 0 Å². The summed E-state index contributed by atoms with van der Waals surface area (Å²) in [4.78, 5) is 7.46. The van der Waals surface area contributed by atoms with E-state index < -0.39 is 52.0 Å².